The quantitative estimate of drug-likeness (QED) is 0.844. The first kappa shape index (κ1) is 12.4. The Morgan fingerprint density at radius 3 is 2.78 bits per heavy atom. The molecule has 1 aromatic carbocycles. The number of aryl methyl sites for hydroxylation is 1. The number of nitrogens with one attached hydrogen (secondary N) is 2. The molecule has 0 aliphatic carbocycles. The fourth-order valence-electron chi connectivity index (χ4n) is 1.64. The molecule has 0 aliphatic heterocycles. The van der Waals surface area contributed by atoms with Crippen LogP contribution in [0.3, 0.4) is 0 Å². The predicted octanol–water partition coefficient (Wildman–Crippen LogP) is 3.35. The van der Waals surface area contributed by atoms with Crippen molar-refractivity contribution >= 4 is 17.3 Å². The first-order valence-electron chi connectivity index (χ1n) is 6.17. The summed E-state index contributed by atoms with van der Waals surface area (Å²) in [5.41, 5.74) is 2.24. The van der Waals surface area contributed by atoms with Crippen LogP contribution in [0.1, 0.15) is 18.9 Å². The van der Waals surface area contributed by atoms with Crippen molar-refractivity contribution in [1.82, 2.24) is 9.97 Å². The minimum absolute atomic E-state index is 0.752. The Hall–Kier alpha value is -2.10. The van der Waals surface area contributed by atoms with Crippen LogP contribution >= 0.6 is 0 Å². The van der Waals surface area contributed by atoms with Gasteiger partial charge in [0.2, 0.25) is 0 Å². The summed E-state index contributed by atoms with van der Waals surface area (Å²) in [4.78, 5) is 8.62. The summed E-state index contributed by atoms with van der Waals surface area (Å²) < 4.78 is 0. The van der Waals surface area contributed by atoms with E-state index in [4.69, 9.17) is 0 Å². The Kier molecular flexibility index (Phi) is 4.12. The highest BCUT2D eigenvalue weighted by Crippen LogP contribution is 2.16. The van der Waals surface area contributed by atoms with Gasteiger partial charge in [-0.3, -0.25) is 4.98 Å². The third-order valence-electron chi connectivity index (χ3n) is 2.48. The molecule has 4 heteroatoms. The summed E-state index contributed by atoms with van der Waals surface area (Å²) >= 11 is 0. The Labute approximate surface area is 107 Å². The zero-order valence-corrected chi connectivity index (χ0v) is 10.8. The molecular formula is C14H18N4. The number of rotatable bonds is 5. The SMILES string of the molecule is CCCNc1cncc(Nc2cccc(C)c2)n1. The Morgan fingerprint density at radius 1 is 1.17 bits per heavy atom. The van der Waals surface area contributed by atoms with E-state index < -0.39 is 0 Å². The molecule has 4 nitrogen and oxygen atoms in total. The summed E-state index contributed by atoms with van der Waals surface area (Å²) in [7, 11) is 0. The molecule has 0 atom stereocenters. The summed E-state index contributed by atoms with van der Waals surface area (Å²) in [5, 5.41) is 6.47. The minimum Gasteiger partial charge on any atom is -0.369 e. The number of benzene rings is 1. The van der Waals surface area contributed by atoms with Crippen LogP contribution in [0, 0.1) is 6.92 Å². The molecule has 94 valence electrons. The molecule has 0 saturated carbocycles. The first-order valence-corrected chi connectivity index (χ1v) is 6.17. The van der Waals surface area contributed by atoms with E-state index in [1.165, 1.54) is 5.56 Å². The van der Waals surface area contributed by atoms with Crippen LogP contribution in [0.15, 0.2) is 36.7 Å². The second-order valence-corrected chi connectivity index (χ2v) is 4.21. The second kappa shape index (κ2) is 6.00. The van der Waals surface area contributed by atoms with E-state index in [1.807, 2.05) is 12.1 Å². The van der Waals surface area contributed by atoms with Crippen molar-refractivity contribution in [2.75, 3.05) is 17.2 Å². The molecule has 0 aliphatic rings. The smallest absolute Gasteiger partial charge is 0.151 e. The normalized spacial score (nSPS) is 10.1. The summed E-state index contributed by atoms with van der Waals surface area (Å²) in [6.07, 6.45) is 4.52. The van der Waals surface area contributed by atoms with Crippen LogP contribution in [0.25, 0.3) is 0 Å². The van der Waals surface area contributed by atoms with E-state index in [2.05, 4.69) is 46.6 Å². The van der Waals surface area contributed by atoms with Gasteiger partial charge in [-0.2, -0.15) is 0 Å². The fourth-order valence-corrected chi connectivity index (χ4v) is 1.64. The topological polar surface area (TPSA) is 49.8 Å². The van der Waals surface area contributed by atoms with E-state index in [0.29, 0.717) is 0 Å². The van der Waals surface area contributed by atoms with Gasteiger partial charge in [0.25, 0.3) is 0 Å². The molecule has 2 N–H and O–H groups in total. The van der Waals surface area contributed by atoms with Crippen molar-refractivity contribution in [1.29, 1.82) is 0 Å². The summed E-state index contributed by atoms with van der Waals surface area (Å²) in [6, 6.07) is 8.18. The molecule has 0 saturated heterocycles. The highest BCUT2D eigenvalue weighted by molar-refractivity contribution is 5.57. The zero-order chi connectivity index (χ0) is 12.8. The predicted molar refractivity (Wildman–Crippen MR) is 75.3 cm³/mol. The van der Waals surface area contributed by atoms with Crippen LogP contribution in [0.2, 0.25) is 0 Å². The van der Waals surface area contributed by atoms with E-state index in [0.717, 1.165) is 30.3 Å². The van der Waals surface area contributed by atoms with Crippen molar-refractivity contribution in [3.05, 3.63) is 42.2 Å². The van der Waals surface area contributed by atoms with Crippen LogP contribution in [-0.4, -0.2) is 16.5 Å². The lowest BCUT2D eigenvalue weighted by Gasteiger charge is -2.08. The number of hydrogen-bond donors (Lipinski definition) is 2. The molecule has 0 spiro atoms. The van der Waals surface area contributed by atoms with Gasteiger partial charge in [0.1, 0.15) is 5.82 Å². The summed E-state index contributed by atoms with van der Waals surface area (Å²) in [5.74, 6) is 1.55. The minimum atomic E-state index is 0.752. The van der Waals surface area contributed by atoms with Crippen molar-refractivity contribution in [3.63, 3.8) is 0 Å². The lowest BCUT2D eigenvalue weighted by atomic mass is 10.2. The monoisotopic (exact) mass is 242 g/mol. The lowest BCUT2D eigenvalue weighted by molar-refractivity contribution is 0.965. The summed E-state index contributed by atoms with van der Waals surface area (Å²) in [6.45, 7) is 5.09. The van der Waals surface area contributed by atoms with Gasteiger partial charge in [0.05, 0.1) is 12.4 Å². The van der Waals surface area contributed by atoms with E-state index in [9.17, 15) is 0 Å². The average molecular weight is 242 g/mol. The largest absolute Gasteiger partial charge is 0.369 e. The van der Waals surface area contributed by atoms with Crippen LogP contribution < -0.4 is 10.6 Å². The van der Waals surface area contributed by atoms with Crippen molar-refractivity contribution in [3.8, 4) is 0 Å². The average Bonchev–Trinajstić information content (AvgIpc) is 2.37. The van der Waals surface area contributed by atoms with E-state index in [1.54, 1.807) is 12.4 Å². The van der Waals surface area contributed by atoms with Crippen LogP contribution in [0.5, 0.6) is 0 Å². The molecule has 0 radical (unpaired) electrons. The maximum absolute atomic E-state index is 4.45. The molecule has 2 rings (SSSR count). The van der Waals surface area contributed by atoms with Gasteiger partial charge in [-0.15, -0.1) is 0 Å². The van der Waals surface area contributed by atoms with E-state index in [-0.39, 0.29) is 0 Å². The maximum atomic E-state index is 4.45. The molecule has 0 bridgehead atoms. The number of anilines is 3. The Morgan fingerprint density at radius 2 is 2.00 bits per heavy atom. The van der Waals surface area contributed by atoms with Crippen LogP contribution in [-0.2, 0) is 0 Å². The molecule has 2 aromatic rings. The van der Waals surface area contributed by atoms with Gasteiger partial charge in [0, 0.05) is 12.2 Å². The number of hydrogen-bond acceptors (Lipinski definition) is 4. The van der Waals surface area contributed by atoms with Crippen molar-refractivity contribution in [2.45, 2.75) is 20.3 Å². The van der Waals surface area contributed by atoms with Gasteiger partial charge in [-0.1, -0.05) is 19.1 Å². The third-order valence-corrected chi connectivity index (χ3v) is 2.48. The maximum Gasteiger partial charge on any atom is 0.151 e. The van der Waals surface area contributed by atoms with Crippen LogP contribution in [0.4, 0.5) is 17.3 Å². The highest BCUT2D eigenvalue weighted by Gasteiger charge is 1.99. The van der Waals surface area contributed by atoms with Gasteiger partial charge in [0.15, 0.2) is 5.82 Å². The molecule has 1 heterocycles. The molecular weight excluding hydrogens is 224 g/mol. The standard InChI is InChI=1S/C14H18N4/c1-3-7-16-13-9-15-10-14(18-13)17-12-6-4-5-11(2)8-12/h4-6,8-10H,3,7H2,1-2H3,(H2,16,17,18). The number of aromatic nitrogens is 2. The first-order chi connectivity index (χ1) is 8.78. The highest BCUT2D eigenvalue weighted by atomic mass is 15.1. The molecule has 0 fully saturated rings. The Balaban J connectivity index is 2.09. The third kappa shape index (κ3) is 3.45. The molecule has 18 heavy (non-hydrogen) atoms. The molecule has 0 unspecified atom stereocenters. The van der Waals surface area contributed by atoms with Gasteiger partial charge in [-0.25, -0.2) is 4.98 Å². The van der Waals surface area contributed by atoms with Crippen molar-refractivity contribution < 1.29 is 0 Å². The number of nitrogens with zero attached hydrogens (tertiary/aromatic N) is 2. The molecule has 1 aromatic heterocycles. The molecule has 0 amide bonds. The fraction of sp³-hybridized carbons (Fsp3) is 0.286. The van der Waals surface area contributed by atoms with Gasteiger partial charge in [-0.05, 0) is 31.0 Å². The van der Waals surface area contributed by atoms with Gasteiger partial charge >= 0.3 is 0 Å². The van der Waals surface area contributed by atoms with Crippen molar-refractivity contribution in [2.24, 2.45) is 0 Å². The van der Waals surface area contributed by atoms with Gasteiger partial charge < -0.3 is 10.6 Å². The lowest BCUT2D eigenvalue weighted by Crippen LogP contribution is -2.04. The Bertz CT molecular complexity index is 511. The zero-order valence-electron chi connectivity index (χ0n) is 10.8. The second-order valence-electron chi connectivity index (χ2n) is 4.21. The van der Waals surface area contributed by atoms with E-state index >= 15 is 0 Å².